The molecular formula is C16H16BrN3O3. The fourth-order valence-corrected chi connectivity index (χ4v) is 2.54. The fourth-order valence-electron chi connectivity index (χ4n) is 2.27. The number of rotatable bonds is 5. The molecule has 120 valence electrons. The van der Waals surface area contributed by atoms with Gasteiger partial charge in [-0.2, -0.15) is 0 Å². The molecular weight excluding hydrogens is 362 g/mol. The van der Waals surface area contributed by atoms with Gasteiger partial charge in [0.05, 0.1) is 0 Å². The van der Waals surface area contributed by atoms with Crippen molar-refractivity contribution < 1.29 is 14.1 Å². The predicted molar refractivity (Wildman–Crippen MR) is 88.1 cm³/mol. The van der Waals surface area contributed by atoms with Crippen LogP contribution in [0.3, 0.4) is 0 Å². The van der Waals surface area contributed by atoms with Crippen LogP contribution in [0.1, 0.15) is 29.0 Å². The molecule has 1 N–H and O–H groups in total. The number of nitrogens with one attached hydrogen (secondary N) is 1. The summed E-state index contributed by atoms with van der Waals surface area (Å²) in [5.41, 5.74) is 0.574. The highest BCUT2D eigenvalue weighted by Crippen LogP contribution is 2.28. The van der Waals surface area contributed by atoms with Crippen LogP contribution >= 0.6 is 15.9 Å². The van der Waals surface area contributed by atoms with Gasteiger partial charge >= 0.3 is 0 Å². The highest BCUT2D eigenvalue weighted by atomic mass is 79.9. The first-order chi connectivity index (χ1) is 11.0. The summed E-state index contributed by atoms with van der Waals surface area (Å²) < 4.78 is 5.82. The van der Waals surface area contributed by atoms with Crippen LogP contribution in [0.25, 0.3) is 0 Å². The molecule has 23 heavy (non-hydrogen) atoms. The van der Waals surface area contributed by atoms with Crippen LogP contribution in [-0.2, 0) is 4.79 Å². The van der Waals surface area contributed by atoms with E-state index >= 15 is 0 Å². The largest absolute Gasteiger partial charge is 0.360 e. The second kappa shape index (κ2) is 6.54. The normalized spacial score (nSPS) is 13.7. The van der Waals surface area contributed by atoms with E-state index in [2.05, 4.69) is 26.4 Å². The number of carbonyl (C=O) groups excluding carboxylic acids is 2. The van der Waals surface area contributed by atoms with Gasteiger partial charge in [0.15, 0.2) is 5.82 Å². The maximum atomic E-state index is 12.6. The Labute approximate surface area is 142 Å². The van der Waals surface area contributed by atoms with Crippen molar-refractivity contribution in [1.82, 2.24) is 10.1 Å². The van der Waals surface area contributed by atoms with Crippen LogP contribution in [0.15, 0.2) is 39.3 Å². The Morgan fingerprint density at radius 3 is 2.61 bits per heavy atom. The minimum atomic E-state index is -0.282. The van der Waals surface area contributed by atoms with Gasteiger partial charge in [-0.15, -0.1) is 0 Å². The van der Waals surface area contributed by atoms with Crippen molar-refractivity contribution in [3.05, 3.63) is 46.1 Å². The van der Waals surface area contributed by atoms with Crippen LogP contribution in [0, 0.1) is 6.92 Å². The third kappa shape index (κ3) is 3.98. The molecule has 1 saturated carbocycles. The zero-order chi connectivity index (χ0) is 16.4. The standard InChI is InChI=1S/C16H16BrN3O3/c1-10-8-14(19-23-10)18-15(21)9-20(13-6-7-13)16(22)11-2-4-12(17)5-3-11/h2-5,8,13H,6-7,9H2,1H3,(H,18,19,21). The molecule has 1 aromatic heterocycles. The Morgan fingerprint density at radius 1 is 1.35 bits per heavy atom. The molecule has 0 aliphatic heterocycles. The average molecular weight is 378 g/mol. The summed E-state index contributed by atoms with van der Waals surface area (Å²) in [6, 6.07) is 8.90. The van der Waals surface area contributed by atoms with Gasteiger partial charge in [0.2, 0.25) is 5.91 Å². The van der Waals surface area contributed by atoms with Gasteiger partial charge in [-0.1, -0.05) is 21.1 Å². The van der Waals surface area contributed by atoms with Crippen LogP contribution in [0.5, 0.6) is 0 Å². The maximum absolute atomic E-state index is 12.6. The van der Waals surface area contributed by atoms with E-state index in [-0.39, 0.29) is 24.4 Å². The summed E-state index contributed by atoms with van der Waals surface area (Å²) >= 11 is 3.35. The lowest BCUT2D eigenvalue weighted by atomic mass is 10.2. The summed E-state index contributed by atoms with van der Waals surface area (Å²) in [5, 5.41) is 6.37. The van der Waals surface area contributed by atoms with Crippen molar-refractivity contribution in [2.24, 2.45) is 0 Å². The van der Waals surface area contributed by atoms with E-state index in [9.17, 15) is 9.59 Å². The van der Waals surface area contributed by atoms with Crippen molar-refractivity contribution in [3.63, 3.8) is 0 Å². The third-order valence-corrected chi connectivity index (χ3v) is 4.08. The number of carbonyl (C=O) groups is 2. The number of aryl methyl sites for hydroxylation is 1. The molecule has 0 saturated heterocycles. The molecule has 0 bridgehead atoms. The molecule has 7 heteroatoms. The Hall–Kier alpha value is -2.15. The predicted octanol–water partition coefficient (Wildman–Crippen LogP) is 2.99. The Bertz CT molecular complexity index is 722. The molecule has 1 aliphatic rings. The molecule has 0 atom stereocenters. The lowest BCUT2D eigenvalue weighted by Gasteiger charge is -2.21. The lowest BCUT2D eigenvalue weighted by Crippen LogP contribution is -2.39. The number of hydrogen-bond acceptors (Lipinski definition) is 4. The Morgan fingerprint density at radius 2 is 2.04 bits per heavy atom. The molecule has 1 heterocycles. The fraction of sp³-hybridized carbons (Fsp3) is 0.312. The molecule has 1 aliphatic carbocycles. The van der Waals surface area contributed by atoms with Crippen molar-refractivity contribution in [3.8, 4) is 0 Å². The van der Waals surface area contributed by atoms with Crippen molar-refractivity contribution in [2.75, 3.05) is 11.9 Å². The number of halogens is 1. The van der Waals surface area contributed by atoms with Crippen LogP contribution in [0.4, 0.5) is 5.82 Å². The summed E-state index contributed by atoms with van der Waals surface area (Å²) in [6.07, 6.45) is 1.86. The van der Waals surface area contributed by atoms with E-state index in [1.165, 1.54) is 0 Å². The number of hydrogen-bond donors (Lipinski definition) is 1. The van der Waals surface area contributed by atoms with Crippen molar-refractivity contribution in [1.29, 1.82) is 0 Å². The number of aromatic nitrogens is 1. The Kier molecular flexibility index (Phi) is 4.47. The molecule has 2 amide bonds. The van der Waals surface area contributed by atoms with Crippen molar-refractivity contribution in [2.45, 2.75) is 25.8 Å². The van der Waals surface area contributed by atoms with E-state index in [1.54, 1.807) is 30.0 Å². The molecule has 0 unspecified atom stereocenters. The van der Waals surface area contributed by atoms with E-state index < -0.39 is 0 Å². The van der Waals surface area contributed by atoms with Gasteiger partial charge in [-0.05, 0) is 44.0 Å². The lowest BCUT2D eigenvalue weighted by molar-refractivity contribution is -0.117. The smallest absolute Gasteiger partial charge is 0.254 e. The number of nitrogens with zero attached hydrogens (tertiary/aromatic N) is 2. The number of benzene rings is 1. The Balaban J connectivity index is 1.68. The van der Waals surface area contributed by atoms with Crippen LogP contribution < -0.4 is 5.32 Å². The quantitative estimate of drug-likeness (QED) is 0.868. The van der Waals surface area contributed by atoms with Gasteiger partial charge in [-0.25, -0.2) is 0 Å². The molecule has 3 rings (SSSR count). The topological polar surface area (TPSA) is 75.4 Å². The average Bonchev–Trinajstić information content (AvgIpc) is 3.28. The van der Waals surface area contributed by atoms with Crippen molar-refractivity contribution >= 4 is 33.6 Å². The van der Waals surface area contributed by atoms with E-state index in [0.29, 0.717) is 17.1 Å². The molecule has 6 nitrogen and oxygen atoms in total. The molecule has 0 radical (unpaired) electrons. The zero-order valence-electron chi connectivity index (χ0n) is 12.6. The monoisotopic (exact) mass is 377 g/mol. The second-order valence-electron chi connectivity index (χ2n) is 5.54. The summed E-state index contributed by atoms with van der Waals surface area (Å²) in [5.74, 6) is 0.562. The number of anilines is 1. The van der Waals surface area contributed by atoms with Crippen LogP contribution in [0.2, 0.25) is 0 Å². The van der Waals surface area contributed by atoms with Gasteiger partial charge in [0.1, 0.15) is 12.3 Å². The van der Waals surface area contributed by atoms with Crippen LogP contribution in [-0.4, -0.2) is 34.5 Å². The second-order valence-corrected chi connectivity index (χ2v) is 6.46. The van der Waals surface area contributed by atoms with E-state index in [1.807, 2.05) is 12.1 Å². The SMILES string of the molecule is Cc1cc(NC(=O)CN(C(=O)c2ccc(Br)cc2)C2CC2)no1. The van der Waals surface area contributed by atoms with E-state index in [4.69, 9.17) is 4.52 Å². The molecule has 1 aromatic carbocycles. The molecule has 0 spiro atoms. The molecule has 2 aromatic rings. The number of amides is 2. The van der Waals surface area contributed by atoms with Gasteiger partial charge in [0, 0.05) is 22.1 Å². The van der Waals surface area contributed by atoms with Gasteiger partial charge in [0.25, 0.3) is 5.91 Å². The summed E-state index contributed by atoms with van der Waals surface area (Å²) in [7, 11) is 0. The minimum Gasteiger partial charge on any atom is -0.360 e. The zero-order valence-corrected chi connectivity index (χ0v) is 14.2. The maximum Gasteiger partial charge on any atom is 0.254 e. The van der Waals surface area contributed by atoms with Gasteiger partial charge in [-0.3, -0.25) is 9.59 Å². The minimum absolute atomic E-state index is 0.00543. The summed E-state index contributed by atoms with van der Waals surface area (Å²) in [6.45, 7) is 1.75. The first kappa shape index (κ1) is 15.7. The first-order valence-corrected chi connectivity index (χ1v) is 8.12. The summed E-state index contributed by atoms with van der Waals surface area (Å²) in [4.78, 5) is 26.4. The first-order valence-electron chi connectivity index (χ1n) is 7.32. The third-order valence-electron chi connectivity index (χ3n) is 3.55. The highest BCUT2D eigenvalue weighted by Gasteiger charge is 2.34. The van der Waals surface area contributed by atoms with E-state index in [0.717, 1.165) is 17.3 Å². The molecule has 1 fully saturated rings. The highest BCUT2D eigenvalue weighted by molar-refractivity contribution is 9.10. The van der Waals surface area contributed by atoms with Gasteiger partial charge < -0.3 is 14.7 Å².